The van der Waals surface area contributed by atoms with Gasteiger partial charge >= 0.3 is 0 Å². The normalized spacial score (nSPS) is 30.6. The predicted molar refractivity (Wildman–Crippen MR) is 75.9 cm³/mol. The monoisotopic (exact) mass is 317 g/mol. The zero-order chi connectivity index (χ0) is 13.2. The van der Waals surface area contributed by atoms with Gasteiger partial charge in [0.2, 0.25) is 5.91 Å². The molecule has 0 radical (unpaired) electrons. The average Bonchev–Trinajstić information content (AvgIpc) is 2.33. The van der Waals surface area contributed by atoms with Crippen molar-refractivity contribution in [2.45, 2.75) is 67.8 Å². The number of rotatable bonds is 4. The zero-order valence-corrected chi connectivity index (χ0v) is 13.0. The Bertz CT molecular complexity index is 299. The number of alkyl halides is 1. The first kappa shape index (κ1) is 14.3. The summed E-state index contributed by atoms with van der Waals surface area (Å²) in [6.07, 6.45) is 8.62. The van der Waals surface area contributed by atoms with Crippen molar-refractivity contribution in [2.24, 2.45) is 0 Å². The maximum Gasteiger partial charge on any atom is 0.225 e. The molecule has 104 valence electrons. The van der Waals surface area contributed by atoms with Crippen LogP contribution >= 0.6 is 15.9 Å². The second-order valence-electron chi connectivity index (χ2n) is 5.79. The third kappa shape index (κ3) is 2.90. The zero-order valence-electron chi connectivity index (χ0n) is 11.5. The number of hydrogen-bond acceptors (Lipinski definition) is 2. The van der Waals surface area contributed by atoms with Crippen LogP contribution < -0.4 is 0 Å². The van der Waals surface area contributed by atoms with Gasteiger partial charge in [0, 0.05) is 25.0 Å². The Labute approximate surface area is 118 Å². The van der Waals surface area contributed by atoms with Gasteiger partial charge in [0.15, 0.2) is 0 Å². The molecule has 2 saturated carbocycles. The molecular weight excluding hydrogens is 294 g/mol. The fourth-order valence-corrected chi connectivity index (χ4v) is 4.05. The largest absolute Gasteiger partial charge is 0.378 e. The maximum atomic E-state index is 12.4. The SMILES string of the molecule is COC1(CC(=O)N(C)C2CCCCC2Br)CCC1. The van der Waals surface area contributed by atoms with Crippen LogP contribution in [0.15, 0.2) is 0 Å². The number of hydrogen-bond donors (Lipinski definition) is 0. The van der Waals surface area contributed by atoms with Gasteiger partial charge in [-0.05, 0) is 32.1 Å². The first-order valence-electron chi connectivity index (χ1n) is 7.03. The molecular formula is C14H24BrNO2. The highest BCUT2D eigenvalue weighted by molar-refractivity contribution is 9.09. The lowest BCUT2D eigenvalue weighted by Gasteiger charge is -2.42. The molecule has 1 amide bonds. The maximum absolute atomic E-state index is 12.4. The molecule has 2 atom stereocenters. The van der Waals surface area contributed by atoms with Gasteiger partial charge in [-0.25, -0.2) is 0 Å². The molecule has 0 heterocycles. The highest BCUT2D eigenvalue weighted by atomic mass is 79.9. The van der Waals surface area contributed by atoms with Crippen molar-refractivity contribution in [1.82, 2.24) is 4.90 Å². The lowest BCUT2D eigenvalue weighted by Crippen LogP contribution is -2.49. The van der Waals surface area contributed by atoms with Gasteiger partial charge < -0.3 is 9.64 Å². The van der Waals surface area contributed by atoms with E-state index in [9.17, 15) is 4.79 Å². The molecule has 2 rings (SSSR count). The van der Waals surface area contributed by atoms with Gasteiger partial charge in [-0.15, -0.1) is 0 Å². The molecule has 2 unspecified atom stereocenters. The van der Waals surface area contributed by atoms with E-state index in [1.165, 1.54) is 25.7 Å². The number of ether oxygens (including phenoxy) is 1. The van der Waals surface area contributed by atoms with E-state index in [0.29, 0.717) is 17.3 Å². The standard InChI is InChI=1S/C14H24BrNO2/c1-16(12-7-4-3-6-11(12)15)13(17)10-14(18-2)8-5-9-14/h11-12H,3-10H2,1-2H3. The lowest BCUT2D eigenvalue weighted by atomic mass is 9.77. The van der Waals surface area contributed by atoms with E-state index in [0.717, 1.165) is 19.3 Å². The molecule has 2 aliphatic carbocycles. The predicted octanol–water partition coefficient (Wildman–Crippen LogP) is 3.11. The topological polar surface area (TPSA) is 29.5 Å². The van der Waals surface area contributed by atoms with Gasteiger partial charge in [0.1, 0.15) is 0 Å². The Kier molecular flexibility index (Phi) is 4.70. The van der Waals surface area contributed by atoms with Gasteiger partial charge in [0.25, 0.3) is 0 Å². The van der Waals surface area contributed by atoms with Crippen molar-refractivity contribution >= 4 is 21.8 Å². The van der Waals surface area contributed by atoms with E-state index < -0.39 is 0 Å². The quantitative estimate of drug-likeness (QED) is 0.746. The van der Waals surface area contributed by atoms with Crippen molar-refractivity contribution in [3.63, 3.8) is 0 Å². The van der Waals surface area contributed by atoms with Crippen molar-refractivity contribution in [1.29, 1.82) is 0 Å². The Morgan fingerprint density at radius 2 is 2.00 bits per heavy atom. The molecule has 0 aromatic rings. The molecule has 2 aliphatic rings. The van der Waals surface area contributed by atoms with E-state index in [4.69, 9.17) is 4.74 Å². The summed E-state index contributed by atoms with van der Waals surface area (Å²) in [5.74, 6) is 0.243. The smallest absolute Gasteiger partial charge is 0.225 e. The number of halogens is 1. The van der Waals surface area contributed by atoms with Crippen LogP contribution in [-0.4, -0.2) is 41.4 Å². The van der Waals surface area contributed by atoms with E-state index >= 15 is 0 Å². The summed E-state index contributed by atoms with van der Waals surface area (Å²) in [6, 6.07) is 0.361. The van der Waals surface area contributed by atoms with Crippen molar-refractivity contribution in [2.75, 3.05) is 14.2 Å². The van der Waals surface area contributed by atoms with E-state index in [-0.39, 0.29) is 11.5 Å². The summed E-state index contributed by atoms with van der Waals surface area (Å²) in [5, 5.41) is 0. The summed E-state index contributed by atoms with van der Waals surface area (Å²) in [6.45, 7) is 0. The summed E-state index contributed by atoms with van der Waals surface area (Å²) in [4.78, 5) is 14.8. The molecule has 2 fully saturated rings. The Morgan fingerprint density at radius 3 is 2.50 bits per heavy atom. The molecule has 0 N–H and O–H groups in total. The Morgan fingerprint density at radius 1 is 1.33 bits per heavy atom. The van der Waals surface area contributed by atoms with Gasteiger partial charge in [0.05, 0.1) is 12.0 Å². The van der Waals surface area contributed by atoms with Crippen molar-refractivity contribution in [3.8, 4) is 0 Å². The van der Waals surface area contributed by atoms with Crippen LogP contribution in [0.3, 0.4) is 0 Å². The minimum Gasteiger partial charge on any atom is -0.378 e. The number of carbonyl (C=O) groups excluding carboxylic acids is 1. The molecule has 0 spiro atoms. The highest BCUT2D eigenvalue weighted by Crippen LogP contribution is 2.39. The minimum atomic E-state index is -0.151. The molecule has 3 nitrogen and oxygen atoms in total. The molecule has 0 bridgehead atoms. The van der Waals surface area contributed by atoms with Crippen LogP contribution in [0.25, 0.3) is 0 Å². The third-order valence-corrected chi connectivity index (χ3v) is 5.78. The van der Waals surface area contributed by atoms with Gasteiger partial charge in [-0.2, -0.15) is 0 Å². The molecule has 0 saturated heterocycles. The van der Waals surface area contributed by atoms with Gasteiger partial charge in [-0.1, -0.05) is 28.8 Å². The number of methoxy groups -OCH3 is 1. The minimum absolute atomic E-state index is 0.151. The lowest BCUT2D eigenvalue weighted by molar-refractivity contribution is -0.145. The molecule has 18 heavy (non-hydrogen) atoms. The number of carbonyl (C=O) groups is 1. The summed E-state index contributed by atoms with van der Waals surface area (Å²) >= 11 is 3.73. The third-order valence-electron chi connectivity index (χ3n) is 4.71. The van der Waals surface area contributed by atoms with E-state index in [1.54, 1.807) is 7.11 Å². The van der Waals surface area contributed by atoms with Crippen LogP contribution in [0, 0.1) is 0 Å². The average molecular weight is 318 g/mol. The van der Waals surface area contributed by atoms with Crippen LogP contribution in [0.1, 0.15) is 51.4 Å². The second-order valence-corrected chi connectivity index (χ2v) is 6.97. The Hall–Kier alpha value is -0.0900. The van der Waals surface area contributed by atoms with Crippen LogP contribution in [0.5, 0.6) is 0 Å². The number of amides is 1. The van der Waals surface area contributed by atoms with Gasteiger partial charge in [-0.3, -0.25) is 4.79 Å². The van der Waals surface area contributed by atoms with Crippen LogP contribution in [-0.2, 0) is 9.53 Å². The fraction of sp³-hybridized carbons (Fsp3) is 0.929. The first-order valence-corrected chi connectivity index (χ1v) is 7.94. The van der Waals surface area contributed by atoms with E-state index in [1.807, 2.05) is 11.9 Å². The van der Waals surface area contributed by atoms with Crippen LogP contribution in [0.2, 0.25) is 0 Å². The fourth-order valence-electron chi connectivity index (χ4n) is 3.11. The summed E-state index contributed by atoms with van der Waals surface area (Å²) in [5.41, 5.74) is -0.151. The molecule has 0 aliphatic heterocycles. The first-order chi connectivity index (χ1) is 8.58. The number of nitrogens with zero attached hydrogens (tertiary/aromatic N) is 1. The molecule has 0 aromatic carbocycles. The molecule has 4 heteroatoms. The van der Waals surface area contributed by atoms with Crippen molar-refractivity contribution in [3.05, 3.63) is 0 Å². The van der Waals surface area contributed by atoms with Crippen LogP contribution in [0.4, 0.5) is 0 Å². The molecule has 0 aromatic heterocycles. The van der Waals surface area contributed by atoms with E-state index in [2.05, 4.69) is 15.9 Å². The second kappa shape index (κ2) is 5.91. The summed E-state index contributed by atoms with van der Waals surface area (Å²) in [7, 11) is 3.69. The summed E-state index contributed by atoms with van der Waals surface area (Å²) < 4.78 is 5.55. The Balaban J connectivity index is 1.91. The highest BCUT2D eigenvalue weighted by Gasteiger charge is 2.41. The van der Waals surface area contributed by atoms with Crippen molar-refractivity contribution < 1.29 is 9.53 Å².